The average Bonchev–Trinajstić information content (AvgIpc) is 2.48. The van der Waals surface area contributed by atoms with Crippen LogP contribution in [0.1, 0.15) is 42.7 Å². The molecule has 0 aliphatic rings. The molecule has 112 valence electrons. The van der Waals surface area contributed by atoms with E-state index in [1.807, 2.05) is 18.2 Å². The first kappa shape index (κ1) is 15.7. The summed E-state index contributed by atoms with van der Waals surface area (Å²) in [7, 11) is 1.72. The zero-order valence-corrected chi connectivity index (χ0v) is 13.1. The van der Waals surface area contributed by atoms with Gasteiger partial charge in [-0.25, -0.2) is 0 Å². The molecule has 0 radical (unpaired) electrons. The second-order valence-electron chi connectivity index (χ2n) is 5.94. The molecule has 2 N–H and O–H groups in total. The van der Waals surface area contributed by atoms with Crippen LogP contribution in [0.4, 0.5) is 0 Å². The van der Waals surface area contributed by atoms with Crippen LogP contribution in [0, 0.1) is 5.92 Å². The van der Waals surface area contributed by atoms with Gasteiger partial charge in [-0.1, -0.05) is 68.4 Å². The molecule has 2 unspecified atom stereocenters. The van der Waals surface area contributed by atoms with E-state index in [-0.39, 0.29) is 12.1 Å². The summed E-state index contributed by atoms with van der Waals surface area (Å²) in [5.74, 6) is 0.642. The number of ether oxygens (including phenoxy) is 1. The third-order valence-corrected chi connectivity index (χ3v) is 3.69. The fourth-order valence-corrected chi connectivity index (χ4v) is 2.71. The molecule has 0 aliphatic heterocycles. The highest BCUT2D eigenvalue weighted by atomic mass is 16.5. The van der Waals surface area contributed by atoms with Crippen LogP contribution in [-0.4, -0.2) is 7.11 Å². The highest BCUT2D eigenvalue weighted by molar-refractivity contribution is 5.30. The molecule has 2 heteroatoms. The fourth-order valence-electron chi connectivity index (χ4n) is 2.71. The molecule has 0 aliphatic carbocycles. The Kier molecular flexibility index (Phi) is 5.54. The molecule has 2 rings (SSSR count). The van der Waals surface area contributed by atoms with Crippen molar-refractivity contribution in [1.29, 1.82) is 0 Å². The fraction of sp³-hybridized carbons (Fsp3) is 0.368. The van der Waals surface area contributed by atoms with Gasteiger partial charge in [-0.05, 0) is 29.0 Å². The second-order valence-corrected chi connectivity index (χ2v) is 5.94. The Hall–Kier alpha value is -1.64. The number of rotatable bonds is 6. The minimum Gasteiger partial charge on any atom is -0.375 e. The summed E-state index contributed by atoms with van der Waals surface area (Å²) in [5, 5.41) is 0. The van der Waals surface area contributed by atoms with E-state index in [9.17, 15) is 0 Å². The Labute approximate surface area is 127 Å². The van der Waals surface area contributed by atoms with Gasteiger partial charge in [0, 0.05) is 7.11 Å². The zero-order valence-electron chi connectivity index (χ0n) is 13.1. The van der Waals surface area contributed by atoms with Crippen LogP contribution in [0.2, 0.25) is 0 Å². The van der Waals surface area contributed by atoms with Gasteiger partial charge >= 0.3 is 0 Å². The molecular weight excluding hydrogens is 258 g/mol. The van der Waals surface area contributed by atoms with Crippen LogP contribution in [0.3, 0.4) is 0 Å². The Balaban J connectivity index is 2.23. The minimum atomic E-state index is -0.162. The van der Waals surface area contributed by atoms with Gasteiger partial charge < -0.3 is 10.5 Å². The summed E-state index contributed by atoms with van der Waals surface area (Å²) in [5.41, 5.74) is 10.0. The molecule has 0 heterocycles. The number of nitrogens with two attached hydrogens (primary N) is 1. The lowest BCUT2D eigenvalue weighted by atomic mass is 9.93. The minimum absolute atomic E-state index is 0.125. The van der Waals surface area contributed by atoms with Crippen molar-refractivity contribution in [3.05, 3.63) is 71.3 Å². The summed E-state index contributed by atoms with van der Waals surface area (Å²) < 4.78 is 5.65. The number of hydrogen-bond donors (Lipinski definition) is 1. The quantitative estimate of drug-likeness (QED) is 0.859. The molecule has 0 aromatic heterocycles. The largest absolute Gasteiger partial charge is 0.375 e. The van der Waals surface area contributed by atoms with Gasteiger partial charge in [-0.3, -0.25) is 0 Å². The monoisotopic (exact) mass is 283 g/mol. The summed E-state index contributed by atoms with van der Waals surface area (Å²) in [4.78, 5) is 0. The number of methoxy groups -OCH3 is 1. The van der Waals surface area contributed by atoms with Gasteiger partial charge in [-0.15, -0.1) is 0 Å². The first-order valence-corrected chi connectivity index (χ1v) is 7.54. The van der Waals surface area contributed by atoms with E-state index in [0.29, 0.717) is 5.92 Å². The van der Waals surface area contributed by atoms with E-state index in [1.54, 1.807) is 7.11 Å². The van der Waals surface area contributed by atoms with E-state index >= 15 is 0 Å². The maximum absolute atomic E-state index is 6.46. The van der Waals surface area contributed by atoms with Crippen molar-refractivity contribution >= 4 is 0 Å². The Bertz CT molecular complexity index is 551. The van der Waals surface area contributed by atoms with Crippen molar-refractivity contribution in [2.24, 2.45) is 11.7 Å². The van der Waals surface area contributed by atoms with E-state index in [0.717, 1.165) is 17.5 Å². The molecule has 2 nitrogen and oxygen atoms in total. The van der Waals surface area contributed by atoms with Crippen molar-refractivity contribution in [1.82, 2.24) is 0 Å². The van der Waals surface area contributed by atoms with Gasteiger partial charge in [-0.2, -0.15) is 0 Å². The smallest absolute Gasteiger partial charge is 0.101 e. The second kappa shape index (κ2) is 7.39. The standard InChI is InChI=1S/C19H25NO/c1-14(2)12-15-8-7-11-17(13-15)18(20)19(21-3)16-9-5-4-6-10-16/h4-11,13-14,18-19H,12,20H2,1-3H3. The molecule has 21 heavy (non-hydrogen) atoms. The summed E-state index contributed by atoms with van der Waals surface area (Å²) in [6, 6.07) is 18.5. The Morgan fingerprint density at radius 3 is 2.24 bits per heavy atom. The maximum atomic E-state index is 6.46. The molecule has 0 saturated carbocycles. The summed E-state index contributed by atoms with van der Waals surface area (Å²) >= 11 is 0. The van der Waals surface area contributed by atoms with Crippen LogP contribution in [0.25, 0.3) is 0 Å². The summed E-state index contributed by atoms with van der Waals surface area (Å²) in [6.07, 6.45) is 0.948. The topological polar surface area (TPSA) is 35.2 Å². The van der Waals surface area contributed by atoms with Crippen LogP contribution in [0.5, 0.6) is 0 Å². The third kappa shape index (κ3) is 4.16. The van der Waals surface area contributed by atoms with E-state index in [1.165, 1.54) is 5.56 Å². The van der Waals surface area contributed by atoms with Gasteiger partial charge in [0.2, 0.25) is 0 Å². The highest BCUT2D eigenvalue weighted by Gasteiger charge is 2.21. The predicted molar refractivity (Wildman–Crippen MR) is 88.1 cm³/mol. The molecule has 0 spiro atoms. The van der Waals surface area contributed by atoms with Crippen LogP contribution in [0.15, 0.2) is 54.6 Å². The van der Waals surface area contributed by atoms with E-state index < -0.39 is 0 Å². The van der Waals surface area contributed by atoms with Gasteiger partial charge in [0.05, 0.1) is 6.04 Å². The average molecular weight is 283 g/mol. The summed E-state index contributed by atoms with van der Waals surface area (Å²) in [6.45, 7) is 4.46. The lowest BCUT2D eigenvalue weighted by molar-refractivity contribution is 0.0801. The molecule has 0 fully saturated rings. The predicted octanol–water partition coefficient (Wildman–Crippen LogP) is 4.27. The SMILES string of the molecule is COC(c1ccccc1)C(N)c1cccc(CC(C)C)c1. The highest BCUT2D eigenvalue weighted by Crippen LogP contribution is 2.30. The molecule has 2 atom stereocenters. The lowest BCUT2D eigenvalue weighted by Crippen LogP contribution is -2.21. The molecule has 0 saturated heterocycles. The Morgan fingerprint density at radius 1 is 0.952 bits per heavy atom. The number of benzene rings is 2. The molecule has 2 aromatic carbocycles. The van der Waals surface area contributed by atoms with E-state index in [4.69, 9.17) is 10.5 Å². The first-order valence-electron chi connectivity index (χ1n) is 7.54. The first-order chi connectivity index (χ1) is 10.1. The molecule has 0 bridgehead atoms. The van der Waals surface area contributed by atoms with Crippen molar-refractivity contribution in [2.75, 3.05) is 7.11 Å². The lowest BCUT2D eigenvalue weighted by Gasteiger charge is -2.24. The number of hydrogen-bond acceptors (Lipinski definition) is 2. The van der Waals surface area contributed by atoms with Crippen LogP contribution in [-0.2, 0) is 11.2 Å². The van der Waals surface area contributed by atoms with Crippen LogP contribution < -0.4 is 5.73 Å². The van der Waals surface area contributed by atoms with Gasteiger partial charge in [0.25, 0.3) is 0 Å². The van der Waals surface area contributed by atoms with Gasteiger partial charge in [0.1, 0.15) is 6.10 Å². The van der Waals surface area contributed by atoms with Crippen molar-refractivity contribution in [3.63, 3.8) is 0 Å². The van der Waals surface area contributed by atoms with Crippen molar-refractivity contribution < 1.29 is 4.74 Å². The van der Waals surface area contributed by atoms with Crippen LogP contribution >= 0.6 is 0 Å². The van der Waals surface area contributed by atoms with Gasteiger partial charge in [0.15, 0.2) is 0 Å². The van der Waals surface area contributed by atoms with Crippen molar-refractivity contribution in [3.8, 4) is 0 Å². The third-order valence-electron chi connectivity index (χ3n) is 3.69. The molecular formula is C19H25NO. The Morgan fingerprint density at radius 2 is 1.62 bits per heavy atom. The van der Waals surface area contributed by atoms with E-state index in [2.05, 4.69) is 50.2 Å². The van der Waals surface area contributed by atoms with Crippen molar-refractivity contribution in [2.45, 2.75) is 32.4 Å². The normalized spacial score (nSPS) is 14.1. The molecule has 0 amide bonds. The zero-order chi connectivity index (χ0) is 15.2. The maximum Gasteiger partial charge on any atom is 0.101 e. The molecule has 2 aromatic rings.